The van der Waals surface area contributed by atoms with Gasteiger partial charge < -0.3 is 22.5 Å². The maximum absolute atomic E-state index is 5.74. The van der Waals surface area contributed by atoms with Crippen LogP contribution in [0.2, 0.25) is 0 Å². The Morgan fingerprint density at radius 1 is 1.15 bits per heavy atom. The third-order valence-electron chi connectivity index (χ3n) is 2.77. The van der Waals surface area contributed by atoms with E-state index in [2.05, 4.69) is 42.7 Å². The predicted octanol–water partition coefficient (Wildman–Crippen LogP) is 1.08. The molecule has 1 aromatic carbocycles. The van der Waals surface area contributed by atoms with Gasteiger partial charge in [0.25, 0.3) is 0 Å². The second-order valence-electron chi connectivity index (χ2n) is 5.04. The number of hydrogen-bond donors (Lipinski definition) is 1. The van der Waals surface area contributed by atoms with Gasteiger partial charge in [-0.25, -0.2) is 0 Å². The second-order valence-corrected chi connectivity index (χ2v) is 6.07. The fourth-order valence-corrected chi connectivity index (χ4v) is 2.37. The lowest BCUT2D eigenvalue weighted by Gasteiger charge is -2.09. The van der Waals surface area contributed by atoms with Crippen LogP contribution in [0.4, 0.5) is 0 Å². The molecule has 0 bridgehead atoms. The van der Waals surface area contributed by atoms with Crippen molar-refractivity contribution in [2.45, 2.75) is 27.0 Å². The van der Waals surface area contributed by atoms with Crippen molar-refractivity contribution in [2.75, 3.05) is 6.54 Å². The van der Waals surface area contributed by atoms with Crippen LogP contribution in [0.3, 0.4) is 0 Å². The maximum atomic E-state index is 5.74. The van der Waals surface area contributed by atoms with E-state index in [1.165, 1.54) is 10.4 Å². The molecule has 20 heavy (non-hydrogen) atoms. The van der Waals surface area contributed by atoms with Crippen LogP contribution >= 0.6 is 11.3 Å². The molecule has 1 aromatic heterocycles. The predicted molar refractivity (Wildman–Crippen MR) is 81.6 cm³/mol. The first-order valence-electron chi connectivity index (χ1n) is 6.69. The van der Waals surface area contributed by atoms with Crippen LogP contribution in [-0.4, -0.2) is 6.54 Å². The summed E-state index contributed by atoms with van der Waals surface area (Å²) in [5.41, 5.74) is 1.30. The summed E-state index contributed by atoms with van der Waals surface area (Å²) in [6.45, 7) is 7.06. The first-order valence-corrected chi connectivity index (χ1v) is 7.57. The molecule has 0 spiro atoms. The number of hydrogen-bond acceptors (Lipinski definition) is 3. The van der Waals surface area contributed by atoms with Crippen molar-refractivity contribution in [3.8, 4) is 5.75 Å². The van der Waals surface area contributed by atoms with Crippen molar-refractivity contribution < 1.29 is 17.1 Å². The summed E-state index contributed by atoms with van der Waals surface area (Å²) in [6, 6.07) is 12.5. The van der Waals surface area contributed by atoms with Gasteiger partial charge >= 0.3 is 0 Å². The normalized spacial score (nSPS) is 10.3. The summed E-state index contributed by atoms with van der Waals surface area (Å²) in [5.74, 6) is 1.62. The summed E-state index contributed by atoms with van der Waals surface area (Å²) in [5, 5.41) is 5.51. The smallest absolute Gasteiger partial charge is 0.122 e. The Morgan fingerprint density at radius 2 is 1.90 bits per heavy atom. The van der Waals surface area contributed by atoms with E-state index < -0.39 is 0 Å². The van der Waals surface area contributed by atoms with Crippen molar-refractivity contribution >= 4 is 11.3 Å². The van der Waals surface area contributed by atoms with E-state index in [-0.39, 0.29) is 12.4 Å². The van der Waals surface area contributed by atoms with Crippen LogP contribution in [0.25, 0.3) is 0 Å². The van der Waals surface area contributed by atoms with Crippen LogP contribution < -0.4 is 22.5 Å². The summed E-state index contributed by atoms with van der Waals surface area (Å²) < 4.78 is 5.74. The molecule has 4 heteroatoms. The topological polar surface area (TPSA) is 21.3 Å². The quantitative estimate of drug-likeness (QED) is 0.826. The van der Waals surface area contributed by atoms with E-state index in [4.69, 9.17) is 4.74 Å². The van der Waals surface area contributed by atoms with Crippen molar-refractivity contribution in [3.63, 3.8) is 0 Å². The summed E-state index contributed by atoms with van der Waals surface area (Å²) in [7, 11) is 0. The molecular formula is C16H21ClNOS-. The molecule has 0 saturated carbocycles. The van der Waals surface area contributed by atoms with Crippen LogP contribution in [0, 0.1) is 5.92 Å². The largest absolute Gasteiger partial charge is 1.00 e. The van der Waals surface area contributed by atoms with Crippen LogP contribution in [-0.2, 0) is 13.2 Å². The van der Waals surface area contributed by atoms with E-state index in [0.29, 0.717) is 12.5 Å². The van der Waals surface area contributed by atoms with E-state index in [1.54, 1.807) is 11.3 Å². The molecule has 0 unspecified atom stereocenters. The molecule has 0 saturated heterocycles. The first-order chi connectivity index (χ1) is 9.24. The molecule has 1 heterocycles. The molecule has 0 amide bonds. The summed E-state index contributed by atoms with van der Waals surface area (Å²) >= 11 is 1.72. The highest BCUT2D eigenvalue weighted by molar-refractivity contribution is 7.09. The maximum Gasteiger partial charge on any atom is 0.122 e. The summed E-state index contributed by atoms with van der Waals surface area (Å²) in [6.07, 6.45) is 0. The molecule has 0 radical (unpaired) electrons. The molecule has 2 rings (SSSR count). The van der Waals surface area contributed by atoms with Crippen LogP contribution in [0.5, 0.6) is 5.75 Å². The fourth-order valence-electron chi connectivity index (χ4n) is 1.76. The summed E-state index contributed by atoms with van der Waals surface area (Å²) in [4.78, 5) is 1.25. The van der Waals surface area contributed by atoms with Gasteiger partial charge in [-0.15, -0.1) is 11.3 Å². The van der Waals surface area contributed by atoms with Gasteiger partial charge in [0, 0.05) is 11.4 Å². The van der Waals surface area contributed by atoms with Crippen molar-refractivity contribution in [1.82, 2.24) is 5.32 Å². The highest BCUT2D eigenvalue weighted by Crippen LogP contribution is 2.16. The van der Waals surface area contributed by atoms with Gasteiger partial charge in [-0.05, 0) is 41.6 Å². The minimum atomic E-state index is 0. The van der Waals surface area contributed by atoms with Gasteiger partial charge in [0.2, 0.25) is 0 Å². The zero-order chi connectivity index (χ0) is 13.5. The zero-order valence-electron chi connectivity index (χ0n) is 11.9. The average molecular weight is 311 g/mol. The Bertz CT molecular complexity index is 468. The third kappa shape index (κ3) is 5.95. The molecular weight excluding hydrogens is 290 g/mol. The Balaban J connectivity index is 0.00000200. The molecule has 2 nitrogen and oxygen atoms in total. The number of ether oxygens (including phenoxy) is 1. The standard InChI is InChI=1S/C16H21NOS.ClH/c1-13(2)10-17-11-14-5-7-15(8-6-14)18-12-16-4-3-9-19-16;/h3-9,13,17H,10-12H2,1-2H3;1H/p-1. The van der Waals surface area contributed by atoms with Gasteiger partial charge in [-0.2, -0.15) is 0 Å². The molecule has 0 aliphatic heterocycles. The van der Waals surface area contributed by atoms with Crippen LogP contribution in [0.1, 0.15) is 24.3 Å². The Morgan fingerprint density at radius 3 is 2.50 bits per heavy atom. The number of rotatable bonds is 7. The molecule has 110 valence electrons. The molecule has 0 aliphatic carbocycles. The van der Waals surface area contributed by atoms with Gasteiger partial charge in [-0.3, -0.25) is 0 Å². The number of halogens is 1. The molecule has 0 fully saturated rings. The lowest BCUT2D eigenvalue weighted by molar-refractivity contribution is -0.00000440. The molecule has 0 atom stereocenters. The van der Waals surface area contributed by atoms with E-state index in [0.717, 1.165) is 18.8 Å². The SMILES string of the molecule is CC(C)CNCc1ccc(OCc2cccs2)cc1.[Cl-]. The number of nitrogens with one attached hydrogen (secondary N) is 1. The van der Waals surface area contributed by atoms with Gasteiger partial charge in [0.1, 0.15) is 12.4 Å². The molecule has 2 aromatic rings. The lowest BCUT2D eigenvalue weighted by atomic mass is 10.2. The van der Waals surface area contributed by atoms with Crippen molar-refractivity contribution in [2.24, 2.45) is 5.92 Å². The highest BCUT2D eigenvalue weighted by atomic mass is 35.5. The van der Waals surface area contributed by atoms with E-state index in [1.807, 2.05) is 18.2 Å². The fraction of sp³-hybridized carbons (Fsp3) is 0.375. The number of thiophene rings is 1. The first kappa shape index (κ1) is 17.0. The van der Waals surface area contributed by atoms with Crippen LogP contribution in [0.15, 0.2) is 41.8 Å². The number of benzene rings is 1. The molecule has 0 aliphatic rings. The average Bonchev–Trinajstić information content (AvgIpc) is 2.90. The highest BCUT2D eigenvalue weighted by Gasteiger charge is 1.98. The Kier molecular flexibility index (Phi) is 7.67. The minimum absolute atomic E-state index is 0. The monoisotopic (exact) mass is 310 g/mol. The van der Waals surface area contributed by atoms with Gasteiger partial charge in [-0.1, -0.05) is 32.0 Å². The van der Waals surface area contributed by atoms with Crippen molar-refractivity contribution in [3.05, 3.63) is 52.2 Å². The molecule has 1 N–H and O–H groups in total. The second kappa shape index (κ2) is 9.01. The van der Waals surface area contributed by atoms with Gasteiger partial charge in [0.15, 0.2) is 0 Å². The zero-order valence-corrected chi connectivity index (χ0v) is 13.5. The Labute approximate surface area is 131 Å². The van der Waals surface area contributed by atoms with Crippen molar-refractivity contribution in [1.29, 1.82) is 0 Å². The lowest BCUT2D eigenvalue weighted by Crippen LogP contribution is -3.00. The van der Waals surface area contributed by atoms with E-state index in [9.17, 15) is 0 Å². The van der Waals surface area contributed by atoms with E-state index >= 15 is 0 Å². The minimum Gasteiger partial charge on any atom is -1.00 e. The third-order valence-corrected chi connectivity index (χ3v) is 3.62. The Hall–Kier alpha value is -1.03. The van der Waals surface area contributed by atoms with Gasteiger partial charge in [0.05, 0.1) is 0 Å².